The van der Waals surface area contributed by atoms with Crippen molar-refractivity contribution in [1.82, 2.24) is 10.3 Å². The molecule has 0 saturated carbocycles. The van der Waals surface area contributed by atoms with Crippen LogP contribution in [-0.2, 0) is 13.0 Å². The maximum Gasteiger partial charge on any atom is 0.119 e. The van der Waals surface area contributed by atoms with Gasteiger partial charge in [0.1, 0.15) is 5.75 Å². The van der Waals surface area contributed by atoms with Crippen LogP contribution in [0.2, 0.25) is 0 Å². The Morgan fingerprint density at radius 1 is 1.25 bits per heavy atom. The molecule has 0 radical (unpaired) electrons. The van der Waals surface area contributed by atoms with Crippen molar-refractivity contribution in [1.29, 1.82) is 0 Å². The number of benzene rings is 1. The lowest BCUT2D eigenvalue weighted by Gasteiger charge is -2.04. The van der Waals surface area contributed by atoms with E-state index in [2.05, 4.69) is 36.3 Å². The third-order valence-electron chi connectivity index (χ3n) is 2.93. The maximum absolute atomic E-state index is 5.72. The number of nitrogens with zero attached hydrogens (tertiary/aromatic N) is 1. The van der Waals surface area contributed by atoms with Crippen LogP contribution in [0.15, 0.2) is 30.5 Å². The summed E-state index contributed by atoms with van der Waals surface area (Å²) in [5.41, 5.74) is 1.25. The first kappa shape index (κ1) is 15.0. The number of nitrogens with one attached hydrogen (secondary N) is 1. The summed E-state index contributed by atoms with van der Waals surface area (Å²) < 4.78 is 5.72. The normalized spacial score (nSPS) is 10.7. The van der Waals surface area contributed by atoms with Gasteiger partial charge in [-0.15, -0.1) is 11.3 Å². The van der Waals surface area contributed by atoms with E-state index < -0.39 is 0 Å². The molecule has 0 aliphatic carbocycles. The molecule has 108 valence electrons. The zero-order valence-electron chi connectivity index (χ0n) is 12.2. The van der Waals surface area contributed by atoms with E-state index >= 15 is 0 Å². The Morgan fingerprint density at radius 3 is 2.80 bits per heavy atom. The molecule has 4 heteroatoms. The average Bonchev–Trinajstić information content (AvgIpc) is 2.89. The number of aromatic nitrogens is 1. The SMILES string of the molecule is CCCNCc1cnc(CCOc2ccc(C)cc2)s1. The number of rotatable bonds is 8. The van der Waals surface area contributed by atoms with Gasteiger partial charge < -0.3 is 10.1 Å². The summed E-state index contributed by atoms with van der Waals surface area (Å²) in [6.45, 7) is 6.91. The molecule has 0 atom stereocenters. The van der Waals surface area contributed by atoms with Crippen molar-refractivity contribution in [3.8, 4) is 5.75 Å². The van der Waals surface area contributed by atoms with E-state index in [-0.39, 0.29) is 0 Å². The summed E-state index contributed by atoms with van der Waals surface area (Å²) >= 11 is 1.77. The van der Waals surface area contributed by atoms with Crippen molar-refractivity contribution in [2.45, 2.75) is 33.2 Å². The van der Waals surface area contributed by atoms with E-state index in [4.69, 9.17) is 4.74 Å². The summed E-state index contributed by atoms with van der Waals surface area (Å²) in [4.78, 5) is 5.73. The van der Waals surface area contributed by atoms with Crippen molar-refractivity contribution in [2.24, 2.45) is 0 Å². The third-order valence-corrected chi connectivity index (χ3v) is 3.99. The van der Waals surface area contributed by atoms with Gasteiger partial charge in [0.2, 0.25) is 0 Å². The van der Waals surface area contributed by atoms with Gasteiger partial charge in [0.25, 0.3) is 0 Å². The smallest absolute Gasteiger partial charge is 0.119 e. The fourth-order valence-corrected chi connectivity index (χ4v) is 2.70. The Bertz CT molecular complexity index is 507. The van der Waals surface area contributed by atoms with Gasteiger partial charge in [-0.1, -0.05) is 24.6 Å². The van der Waals surface area contributed by atoms with Crippen LogP contribution in [0.1, 0.15) is 28.8 Å². The molecule has 0 aliphatic rings. The molecule has 0 unspecified atom stereocenters. The lowest BCUT2D eigenvalue weighted by atomic mass is 10.2. The highest BCUT2D eigenvalue weighted by atomic mass is 32.1. The number of thiazole rings is 1. The predicted octanol–water partition coefficient (Wildman–Crippen LogP) is 3.57. The molecule has 0 bridgehead atoms. The highest BCUT2D eigenvalue weighted by molar-refractivity contribution is 7.11. The van der Waals surface area contributed by atoms with Crippen LogP contribution in [0.4, 0.5) is 0 Å². The molecule has 0 amide bonds. The number of ether oxygens (including phenoxy) is 1. The first-order chi connectivity index (χ1) is 9.78. The van der Waals surface area contributed by atoms with Gasteiger partial charge >= 0.3 is 0 Å². The molecule has 1 aromatic heterocycles. The molecule has 0 fully saturated rings. The third kappa shape index (κ3) is 4.94. The van der Waals surface area contributed by atoms with Gasteiger partial charge in [0.05, 0.1) is 11.6 Å². The quantitative estimate of drug-likeness (QED) is 0.755. The Labute approximate surface area is 125 Å². The Balaban J connectivity index is 1.72. The molecule has 0 saturated heterocycles. The molecule has 3 nitrogen and oxygen atoms in total. The van der Waals surface area contributed by atoms with Crippen LogP contribution in [0.3, 0.4) is 0 Å². The van der Waals surface area contributed by atoms with Crippen LogP contribution in [0.25, 0.3) is 0 Å². The van der Waals surface area contributed by atoms with Gasteiger partial charge in [0, 0.05) is 24.0 Å². The van der Waals surface area contributed by atoms with Crippen molar-refractivity contribution in [3.63, 3.8) is 0 Å². The molecule has 20 heavy (non-hydrogen) atoms. The van der Waals surface area contributed by atoms with Gasteiger partial charge in [0.15, 0.2) is 0 Å². The maximum atomic E-state index is 5.72. The van der Waals surface area contributed by atoms with Crippen LogP contribution in [0.5, 0.6) is 5.75 Å². The molecule has 2 rings (SSSR count). The lowest BCUT2D eigenvalue weighted by Crippen LogP contribution is -2.12. The van der Waals surface area contributed by atoms with E-state index in [1.807, 2.05) is 18.3 Å². The van der Waals surface area contributed by atoms with Crippen LogP contribution < -0.4 is 10.1 Å². The summed E-state index contributed by atoms with van der Waals surface area (Å²) in [6, 6.07) is 8.15. The van der Waals surface area contributed by atoms with Crippen LogP contribution >= 0.6 is 11.3 Å². The van der Waals surface area contributed by atoms with E-state index in [0.717, 1.165) is 36.7 Å². The highest BCUT2D eigenvalue weighted by Gasteiger charge is 2.02. The van der Waals surface area contributed by atoms with Crippen molar-refractivity contribution >= 4 is 11.3 Å². The predicted molar refractivity (Wildman–Crippen MR) is 84.5 cm³/mol. The molecule has 1 heterocycles. The monoisotopic (exact) mass is 290 g/mol. The van der Waals surface area contributed by atoms with E-state index in [0.29, 0.717) is 6.61 Å². The average molecular weight is 290 g/mol. The largest absolute Gasteiger partial charge is 0.493 e. The summed E-state index contributed by atoms with van der Waals surface area (Å²) in [7, 11) is 0. The summed E-state index contributed by atoms with van der Waals surface area (Å²) in [5.74, 6) is 0.928. The topological polar surface area (TPSA) is 34.2 Å². The minimum atomic E-state index is 0.679. The van der Waals surface area contributed by atoms with Crippen molar-refractivity contribution < 1.29 is 4.74 Å². The van der Waals surface area contributed by atoms with E-state index in [1.165, 1.54) is 10.4 Å². The molecular weight excluding hydrogens is 268 g/mol. The minimum Gasteiger partial charge on any atom is -0.493 e. The van der Waals surface area contributed by atoms with Crippen LogP contribution in [-0.4, -0.2) is 18.1 Å². The fourth-order valence-electron chi connectivity index (χ4n) is 1.82. The second-order valence-electron chi connectivity index (χ2n) is 4.81. The number of aryl methyl sites for hydroxylation is 1. The van der Waals surface area contributed by atoms with Gasteiger partial charge in [-0.25, -0.2) is 4.98 Å². The highest BCUT2D eigenvalue weighted by Crippen LogP contribution is 2.15. The lowest BCUT2D eigenvalue weighted by molar-refractivity contribution is 0.321. The van der Waals surface area contributed by atoms with Crippen molar-refractivity contribution in [2.75, 3.05) is 13.2 Å². The first-order valence-electron chi connectivity index (χ1n) is 7.11. The fraction of sp³-hybridized carbons (Fsp3) is 0.438. The Kier molecular flexibility index (Phi) is 6.02. The van der Waals surface area contributed by atoms with Crippen molar-refractivity contribution in [3.05, 3.63) is 45.9 Å². The minimum absolute atomic E-state index is 0.679. The standard InChI is InChI=1S/C16H22N2OS/c1-3-9-17-11-15-12-18-16(20-15)8-10-19-14-6-4-13(2)5-7-14/h4-7,12,17H,3,8-11H2,1-2H3. The molecule has 1 aromatic carbocycles. The molecule has 0 spiro atoms. The summed E-state index contributed by atoms with van der Waals surface area (Å²) in [5, 5.41) is 4.53. The van der Waals surface area contributed by atoms with E-state index in [9.17, 15) is 0 Å². The first-order valence-corrected chi connectivity index (χ1v) is 7.93. The zero-order chi connectivity index (χ0) is 14.2. The molecule has 1 N–H and O–H groups in total. The number of hydrogen-bond donors (Lipinski definition) is 1. The van der Waals surface area contributed by atoms with Gasteiger partial charge in [-0.2, -0.15) is 0 Å². The Hall–Kier alpha value is -1.39. The van der Waals surface area contributed by atoms with Gasteiger partial charge in [-0.05, 0) is 32.0 Å². The molecule has 0 aliphatic heterocycles. The molecular formula is C16H22N2OS. The zero-order valence-corrected chi connectivity index (χ0v) is 13.0. The number of hydrogen-bond acceptors (Lipinski definition) is 4. The van der Waals surface area contributed by atoms with Gasteiger partial charge in [-0.3, -0.25) is 0 Å². The summed E-state index contributed by atoms with van der Waals surface area (Å²) in [6.07, 6.45) is 4.00. The second kappa shape index (κ2) is 8.02. The second-order valence-corrected chi connectivity index (χ2v) is 6.01. The Morgan fingerprint density at radius 2 is 2.05 bits per heavy atom. The van der Waals surface area contributed by atoms with Crippen LogP contribution in [0, 0.1) is 6.92 Å². The molecule has 2 aromatic rings. The van der Waals surface area contributed by atoms with E-state index in [1.54, 1.807) is 11.3 Å².